The van der Waals surface area contributed by atoms with Gasteiger partial charge in [0, 0.05) is 17.0 Å². The van der Waals surface area contributed by atoms with Gasteiger partial charge in [-0.25, -0.2) is 0 Å². The maximum Gasteiger partial charge on any atom is 0.122 e. The third-order valence-corrected chi connectivity index (χ3v) is 3.86. The zero-order chi connectivity index (χ0) is 11.0. The summed E-state index contributed by atoms with van der Waals surface area (Å²) in [6.45, 7) is 2.00. The van der Waals surface area contributed by atoms with Crippen molar-refractivity contribution in [3.63, 3.8) is 0 Å². The summed E-state index contributed by atoms with van der Waals surface area (Å²) in [6.07, 6.45) is 3.67. The summed E-state index contributed by atoms with van der Waals surface area (Å²) in [5.41, 5.74) is 1.26. The summed E-state index contributed by atoms with van der Waals surface area (Å²) < 4.78 is 5.80. The normalized spacial score (nSPS) is 28.6. The average molecular weight is 238 g/mol. The lowest BCUT2D eigenvalue weighted by molar-refractivity contribution is 0.192. The van der Waals surface area contributed by atoms with Crippen LogP contribution in [0.15, 0.2) is 18.2 Å². The number of benzene rings is 1. The molecule has 16 heavy (non-hydrogen) atoms. The Morgan fingerprint density at radius 2 is 2.31 bits per heavy atom. The van der Waals surface area contributed by atoms with Gasteiger partial charge in [-0.2, -0.15) is 0 Å². The maximum atomic E-state index is 6.01. The molecule has 1 saturated heterocycles. The molecule has 1 fully saturated rings. The van der Waals surface area contributed by atoms with E-state index in [1.54, 1.807) is 0 Å². The number of hydrogen-bond acceptors (Lipinski definition) is 2. The van der Waals surface area contributed by atoms with Crippen molar-refractivity contribution in [3.05, 3.63) is 28.8 Å². The minimum atomic E-state index is 0.605. The van der Waals surface area contributed by atoms with Crippen molar-refractivity contribution in [2.75, 3.05) is 13.2 Å². The molecule has 3 heteroatoms. The summed E-state index contributed by atoms with van der Waals surface area (Å²) in [7, 11) is 0. The molecule has 86 valence electrons. The zero-order valence-corrected chi connectivity index (χ0v) is 9.96. The van der Waals surface area contributed by atoms with Gasteiger partial charge in [-0.05, 0) is 49.6 Å². The molecule has 0 spiro atoms. The van der Waals surface area contributed by atoms with Gasteiger partial charge in [0.15, 0.2) is 0 Å². The second-order valence-corrected chi connectivity index (χ2v) is 5.17. The second-order valence-electron chi connectivity index (χ2n) is 4.73. The number of nitrogens with one attached hydrogen (secondary N) is 1. The van der Waals surface area contributed by atoms with Gasteiger partial charge >= 0.3 is 0 Å². The summed E-state index contributed by atoms with van der Waals surface area (Å²) in [6, 6.07) is 6.55. The molecule has 0 amide bonds. The maximum absolute atomic E-state index is 6.01. The minimum Gasteiger partial charge on any atom is -0.493 e. The van der Waals surface area contributed by atoms with Crippen molar-refractivity contribution in [1.82, 2.24) is 5.32 Å². The van der Waals surface area contributed by atoms with E-state index in [0.717, 1.165) is 30.3 Å². The average Bonchev–Trinajstić information content (AvgIpc) is 2.81. The Morgan fingerprint density at radius 1 is 1.38 bits per heavy atom. The van der Waals surface area contributed by atoms with Crippen molar-refractivity contribution in [3.8, 4) is 5.75 Å². The third-order valence-electron chi connectivity index (χ3n) is 3.63. The lowest BCUT2D eigenvalue weighted by Crippen LogP contribution is -2.37. The summed E-state index contributed by atoms with van der Waals surface area (Å²) >= 11 is 6.01. The van der Waals surface area contributed by atoms with Gasteiger partial charge in [-0.1, -0.05) is 11.6 Å². The molecule has 1 aromatic rings. The van der Waals surface area contributed by atoms with Gasteiger partial charge < -0.3 is 10.1 Å². The molecular weight excluding hydrogens is 222 g/mol. The molecule has 3 rings (SSSR count). The number of ether oxygens (including phenoxy) is 1. The fourth-order valence-corrected chi connectivity index (χ4v) is 2.95. The van der Waals surface area contributed by atoms with Gasteiger partial charge in [0.2, 0.25) is 0 Å². The van der Waals surface area contributed by atoms with Gasteiger partial charge in [-0.3, -0.25) is 0 Å². The van der Waals surface area contributed by atoms with Gasteiger partial charge in [0.25, 0.3) is 0 Å². The predicted octanol–water partition coefficient (Wildman–Crippen LogP) is 2.64. The molecule has 2 nitrogen and oxygen atoms in total. The number of hydrogen-bond donors (Lipinski definition) is 1. The molecule has 0 aliphatic carbocycles. The molecule has 2 aliphatic rings. The van der Waals surface area contributed by atoms with E-state index in [2.05, 4.69) is 5.32 Å². The molecule has 1 aromatic carbocycles. The predicted molar refractivity (Wildman–Crippen MR) is 65.2 cm³/mol. The Hall–Kier alpha value is -0.730. The molecule has 0 bridgehead atoms. The number of fused-ring (bicyclic) bond motifs is 1. The summed E-state index contributed by atoms with van der Waals surface area (Å²) in [5, 5.41) is 4.37. The van der Waals surface area contributed by atoms with Crippen LogP contribution in [0.5, 0.6) is 5.75 Å². The molecule has 2 heterocycles. The summed E-state index contributed by atoms with van der Waals surface area (Å²) in [5.74, 6) is 1.62. The lowest BCUT2D eigenvalue weighted by atomic mass is 9.90. The zero-order valence-electron chi connectivity index (χ0n) is 9.21. The van der Waals surface area contributed by atoms with Crippen LogP contribution in [0, 0.1) is 5.92 Å². The first-order chi connectivity index (χ1) is 7.83. The lowest BCUT2D eigenvalue weighted by Gasteiger charge is -2.29. The van der Waals surface area contributed by atoms with E-state index in [9.17, 15) is 0 Å². The molecular formula is C13H16ClNO. The highest BCUT2D eigenvalue weighted by molar-refractivity contribution is 6.30. The monoisotopic (exact) mass is 237 g/mol. The van der Waals surface area contributed by atoms with E-state index < -0.39 is 0 Å². The van der Waals surface area contributed by atoms with Crippen LogP contribution in [0.25, 0.3) is 0 Å². The molecule has 0 aromatic heterocycles. The quantitative estimate of drug-likeness (QED) is 0.811. The van der Waals surface area contributed by atoms with Crippen molar-refractivity contribution in [2.24, 2.45) is 5.92 Å². The first-order valence-corrected chi connectivity index (χ1v) is 6.35. The van der Waals surface area contributed by atoms with Crippen molar-refractivity contribution >= 4 is 11.6 Å². The smallest absolute Gasteiger partial charge is 0.122 e. The van der Waals surface area contributed by atoms with Gasteiger partial charge in [-0.15, -0.1) is 0 Å². The third kappa shape index (κ3) is 1.92. The van der Waals surface area contributed by atoms with Crippen LogP contribution in [-0.2, 0) is 6.42 Å². The van der Waals surface area contributed by atoms with E-state index in [-0.39, 0.29) is 0 Å². The highest BCUT2D eigenvalue weighted by atomic mass is 35.5. The van der Waals surface area contributed by atoms with E-state index in [1.807, 2.05) is 18.2 Å². The molecule has 0 saturated carbocycles. The Labute approximate surface area is 101 Å². The van der Waals surface area contributed by atoms with Crippen LogP contribution in [0.4, 0.5) is 0 Å². The van der Waals surface area contributed by atoms with Gasteiger partial charge in [0.05, 0.1) is 6.61 Å². The number of halogens is 1. The standard InChI is InChI=1S/C13H16ClNO/c14-11-3-4-13-9(7-11)6-10(8-16-13)12-2-1-5-15-12/h3-4,7,10,12,15H,1-2,5-6,8H2. The van der Waals surface area contributed by atoms with Crippen LogP contribution in [-0.4, -0.2) is 19.2 Å². The van der Waals surface area contributed by atoms with E-state index >= 15 is 0 Å². The van der Waals surface area contributed by atoms with Crippen LogP contribution >= 0.6 is 11.6 Å². The summed E-state index contributed by atoms with van der Waals surface area (Å²) in [4.78, 5) is 0. The Balaban J connectivity index is 1.79. The molecule has 1 N–H and O–H groups in total. The molecule has 2 aliphatic heterocycles. The Bertz CT molecular complexity index is 388. The van der Waals surface area contributed by atoms with Crippen LogP contribution in [0.1, 0.15) is 18.4 Å². The largest absolute Gasteiger partial charge is 0.493 e. The SMILES string of the molecule is Clc1ccc2c(c1)CC(C1CCCN1)CO2. The fourth-order valence-electron chi connectivity index (χ4n) is 2.76. The first kappa shape index (κ1) is 10.4. The highest BCUT2D eigenvalue weighted by Gasteiger charge is 2.29. The first-order valence-electron chi connectivity index (χ1n) is 5.97. The van der Waals surface area contributed by atoms with Crippen molar-refractivity contribution < 1.29 is 4.74 Å². The van der Waals surface area contributed by atoms with E-state index in [1.165, 1.54) is 18.4 Å². The minimum absolute atomic E-state index is 0.605. The van der Waals surface area contributed by atoms with Crippen molar-refractivity contribution in [1.29, 1.82) is 0 Å². The van der Waals surface area contributed by atoms with E-state index in [0.29, 0.717) is 12.0 Å². The van der Waals surface area contributed by atoms with Crippen molar-refractivity contribution in [2.45, 2.75) is 25.3 Å². The second kappa shape index (κ2) is 4.27. The Morgan fingerprint density at radius 3 is 3.12 bits per heavy atom. The molecule has 0 radical (unpaired) electrons. The highest BCUT2D eigenvalue weighted by Crippen LogP contribution is 2.32. The molecule has 2 atom stereocenters. The Kier molecular flexibility index (Phi) is 2.78. The van der Waals surface area contributed by atoms with Crippen LogP contribution in [0.3, 0.4) is 0 Å². The molecule has 2 unspecified atom stereocenters. The fraction of sp³-hybridized carbons (Fsp3) is 0.538. The van der Waals surface area contributed by atoms with Crippen LogP contribution < -0.4 is 10.1 Å². The topological polar surface area (TPSA) is 21.3 Å². The van der Waals surface area contributed by atoms with Gasteiger partial charge in [0.1, 0.15) is 5.75 Å². The van der Waals surface area contributed by atoms with Crippen LogP contribution in [0.2, 0.25) is 5.02 Å². The van der Waals surface area contributed by atoms with E-state index in [4.69, 9.17) is 16.3 Å². The number of rotatable bonds is 1.